The highest BCUT2D eigenvalue weighted by Crippen LogP contribution is 2.31. The molecule has 2 aromatic carbocycles. The third kappa shape index (κ3) is 4.37. The summed E-state index contributed by atoms with van der Waals surface area (Å²) in [7, 11) is 3.25. The van der Waals surface area contributed by atoms with E-state index >= 15 is 0 Å². The summed E-state index contributed by atoms with van der Waals surface area (Å²) in [6.07, 6.45) is -0.0336. The molecule has 1 heterocycles. The Morgan fingerprint density at radius 2 is 1.97 bits per heavy atom. The summed E-state index contributed by atoms with van der Waals surface area (Å²) in [5.74, 6) is -2.09. The predicted octanol–water partition coefficient (Wildman–Crippen LogP) is 2.85. The first-order valence-corrected chi connectivity index (χ1v) is 9.84. The Kier molecular flexibility index (Phi) is 6.24. The second kappa shape index (κ2) is 8.53. The van der Waals surface area contributed by atoms with Gasteiger partial charge in [-0.3, -0.25) is 14.4 Å². The maximum atomic E-state index is 13.5. The van der Waals surface area contributed by atoms with Gasteiger partial charge in [0.05, 0.1) is 0 Å². The lowest BCUT2D eigenvalue weighted by Crippen LogP contribution is -2.47. The van der Waals surface area contributed by atoms with E-state index in [2.05, 4.69) is 0 Å². The lowest BCUT2D eigenvalue weighted by atomic mass is 9.92. The molecule has 0 aliphatic carbocycles. The number of aliphatic hydroxyl groups is 1. The van der Waals surface area contributed by atoms with E-state index < -0.39 is 23.1 Å². The molecule has 2 aromatic rings. The number of benzene rings is 2. The van der Waals surface area contributed by atoms with Crippen LogP contribution in [-0.2, 0) is 16.0 Å². The molecule has 1 saturated heterocycles. The normalized spacial score (nSPS) is 18.6. The van der Waals surface area contributed by atoms with Crippen molar-refractivity contribution in [3.63, 3.8) is 0 Å². The predicted molar refractivity (Wildman–Crippen MR) is 111 cm³/mol. The number of carbonyl (C=O) groups excluding carboxylic acids is 3. The molecule has 1 aliphatic heterocycles. The zero-order valence-corrected chi connectivity index (χ0v) is 17.4. The highest BCUT2D eigenvalue weighted by molar-refractivity contribution is 6.30. The fourth-order valence-corrected chi connectivity index (χ4v) is 3.74. The van der Waals surface area contributed by atoms with Gasteiger partial charge >= 0.3 is 0 Å². The van der Waals surface area contributed by atoms with Gasteiger partial charge in [0, 0.05) is 49.8 Å². The van der Waals surface area contributed by atoms with E-state index in [4.69, 9.17) is 11.6 Å². The summed E-state index contributed by atoms with van der Waals surface area (Å²) >= 11 is 5.82. The highest BCUT2D eigenvalue weighted by Gasteiger charge is 2.50. The van der Waals surface area contributed by atoms with Gasteiger partial charge in [0.2, 0.25) is 5.60 Å². The third-order valence-corrected chi connectivity index (χ3v) is 5.35. The zero-order chi connectivity index (χ0) is 22.1. The van der Waals surface area contributed by atoms with E-state index in [0.717, 1.165) is 6.07 Å². The molecule has 3 rings (SSSR count). The molecule has 0 aromatic heterocycles. The van der Waals surface area contributed by atoms with Crippen LogP contribution in [0.3, 0.4) is 0 Å². The number of hydrogen-bond acceptors (Lipinski definition) is 4. The summed E-state index contributed by atoms with van der Waals surface area (Å²) in [5.41, 5.74) is -0.795. The monoisotopic (exact) mass is 432 g/mol. The minimum Gasteiger partial charge on any atom is -0.373 e. The molecule has 2 amide bonds. The van der Waals surface area contributed by atoms with Crippen molar-refractivity contribution in [1.82, 2.24) is 4.90 Å². The topological polar surface area (TPSA) is 77.9 Å². The van der Waals surface area contributed by atoms with Crippen molar-refractivity contribution in [3.8, 4) is 0 Å². The van der Waals surface area contributed by atoms with Gasteiger partial charge < -0.3 is 14.9 Å². The number of nitrogens with zero attached hydrogens (tertiary/aromatic N) is 2. The van der Waals surface area contributed by atoms with Crippen LogP contribution in [0.5, 0.6) is 0 Å². The van der Waals surface area contributed by atoms with Crippen molar-refractivity contribution in [2.75, 3.05) is 25.5 Å². The standard InChI is InChI=1S/C22H22ClFN2O4/c1-25(2)20(28)15-4-3-5-18(12-15)26-9-8-22(30,21(26)29)19(27)7-6-14-10-16(23)13-17(24)11-14/h3-5,10-13,30H,6-9H2,1-2H3. The molecule has 0 saturated carbocycles. The number of ketones is 1. The Balaban J connectivity index is 1.74. The second-order valence-corrected chi connectivity index (χ2v) is 7.95. The van der Waals surface area contributed by atoms with Crippen molar-refractivity contribution in [1.29, 1.82) is 0 Å². The summed E-state index contributed by atoms with van der Waals surface area (Å²) < 4.78 is 13.5. The van der Waals surface area contributed by atoms with E-state index in [0.29, 0.717) is 16.8 Å². The Hall–Kier alpha value is -2.77. The van der Waals surface area contributed by atoms with E-state index in [9.17, 15) is 23.9 Å². The van der Waals surface area contributed by atoms with Crippen LogP contribution in [0, 0.1) is 5.82 Å². The SMILES string of the molecule is CN(C)C(=O)c1cccc(N2CCC(O)(C(=O)CCc3cc(F)cc(Cl)c3)C2=O)c1. The van der Waals surface area contributed by atoms with Crippen LogP contribution in [0.1, 0.15) is 28.8 Å². The minimum absolute atomic E-state index is 0.0551. The number of hydrogen-bond donors (Lipinski definition) is 1. The van der Waals surface area contributed by atoms with Gasteiger partial charge in [-0.15, -0.1) is 0 Å². The number of aryl methyl sites for hydroxylation is 1. The van der Waals surface area contributed by atoms with Gasteiger partial charge in [0.25, 0.3) is 11.8 Å². The lowest BCUT2D eigenvalue weighted by Gasteiger charge is -2.22. The summed E-state index contributed by atoms with van der Waals surface area (Å²) in [6, 6.07) is 10.5. The summed E-state index contributed by atoms with van der Waals surface area (Å²) in [4.78, 5) is 40.5. The molecule has 8 heteroatoms. The number of carbonyl (C=O) groups is 3. The van der Waals surface area contributed by atoms with E-state index in [1.165, 1.54) is 21.9 Å². The third-order valence-electron chi connectivity index (χ3n) is 5.13. The van der Waals surface area contributed by atoms with Crippen LogP contribution in [0.25, 0.3) is 0 Å². The molecule has 1 atom stereocenters. The van der Waals surface area contributed by atoms with Crippen LogP contribution in [0.15, 0.2) is 42.5 Å². The van der Waals surface area contributed by atoms with Gasteiger partial charge in [-0.25, -0.2) is 4.39 Å². The molecular weight excluding hydrogens is 411 g/mol. The van der Waals surface area contributed by atoms with E-state index in [-0.39, 0.29) is 36.7 Å². The fraction of sp³-hybridized carbons (Fsp3) is 0.318. The molecule has 0 bridgehead atoms. The maximum Gasteiger partial charge on any atom is 0.266 e. The molecule has 1 fully saturated rings. The quantitative estimate of drug-likeness (QED) is 0.712. The smallest absolute Gasteiger partial charge is 0.266 e. The van der Waals surface area contributed by atoms with E-state index in [1.807, 2.05) is 0 Å². The molecule has 0 radical (unpaired) electrons. The first kappa shape index (κ1) is 21.9. The Labute approximate surface area is 178 Å². The number of anilines is 1. The Morgan fingerprint density at radius 1 is 1.23 bits per heavy atom. The zero-order valence-electron chi connectivity index (χ0n) is 16.7. The van der Waals surface area contributed by atoms with Crippen LogP contribution in [0.2, 0.25) is 5.02 Å². The molecule has 6 nitrogen and oxygen atoms in total. The maximum absolute atomic E-state index is 13.5. The average Bonchev–Trinajstić information content (AvgIpc) is 3.00. The fourth-order valence-electron chi connectivity index (χ4n) is 3.50. The first-order chi connectivity index (χ1) is 14.1. The van der Waals surface area contributed by atoms with Crippen molar-refractivity contribution in [2.45, 2.75) is 24.9 Å². The molecule has 0 spiro atoms. The molecule has 1 N–H and O–H groups in total. The largest absolute Gasteiger partial charge is 0.373 e. The Morgan fingerprint density at radius 3 is 2.63 bits per heavy atom. The molecular formula is C22H22ClFN2O4. The van der Waals surface area contributed by atoms with Crippen LogP contribution >= 0.6 is 11.6 Å². The molecule has 1 aliphatic rings. The number of amides is 2. The van der Waals surface area contributed by atoms with Crippen LogP contribution in [-0.4, -0.2) is 53.8 Å². The highest BCUT2D eigenvalue weighted by atomic mass is 35.5. The molecule has 30 heavy (non-hydrogen) atoms. The van der Waals surface area contributed by atoms with Gasteiger partial charge in [-0.2, -0.15) is 0 Å². The van der Waals surface area contributed by atoms with Gasteiger partial charge in [-0.1, -0.05) is 17.7 Å². The van der Waals surface area contributed by atoms with Crippen molar-refractivity contribution in [3.05, 3.63) is 64.4 Å². The summed E-state index contributed by atoms with van der Waals surface area (Å²) in [6.45, 7) is 0.145. The number of rotatable bonds is 6. The van der Waals surface area contributed by atoms with Gasteiger partial charge in [-0.05, 0) is 48.4 Å². The van der Waals surface area contributed by atoms with Crippen molar-refractivity contribution >= 4 is 34.9 Å². The average molecular weight is 433 g/mol. The van der Waals surface area contributed by atoms with Gasteiger partial charge in [0.15, 0.2) is 5.78 Å². The number of Topliss-reactive ketones (excluding diaryl/α,β-unsaturated/α-hetero) is 1. The van der Waals surface area contributed by atoms with Crippen LogP contribution < -0.4 is 4.90 Å². The lowest BCUT2D eigenvalue weighted by molar-refractivity contribution is -0.147. The second-order valence-electron chi connectivity index (χ2n) is 7.52. The minimum atomic E-state index is -2.14. The number of halogens is 2. The Bertz CT molecular complexity index is 990. The molecule has 1 unspecified atom stereocenters. The van der Waals surface area contributed by atoms with Crippen LogP contribution in [0.4, 0.5) is 10.1 Å². The first-order valence-electron chi connectivity index (χ1n) is 9.46. The van der Waals surface area contributed by atoms with Crippen molar-refractivity contribution < 1.29 is 23.9 Å². The van der Waals surface area contributed by atoms with Gasteiger partial charge in [0.1, 0.15) is 5.82 Å². The molecule has 158 valence electrons. The van der Waals surface area contributed by atoms with E-state index in [1.54, 1.807) is 38.4 Å². The van der Waals surface area contributed by atoms with Crippen molar-refractivity contribution in [2.24, 2.45) is 0 Å². The summed E-state index contributed by atoms with van der Waals surface area (Å²) in [5, 5.41) is 11.0.